The van der Waals surface area contributed by atoms with Crippen LogP contribution in [0.4, 0.5) is 0 Å². The Bertz CT molecular complexity index is 530. The van der Waals surface area contributed by atoms with Crippen molar-refractivity contribution in [3.63, 3.8) is 0 Å². The first-order chi connectivity index (χ1) is 10.0. The van der Waals surface area contributed by atoms with Crippen molar-refractivity contribution in [3.05, 3.63) is 23.8 Å². The highest BCUT2D eigenvalue weighted by Crippen LogP contribution is 2.35. The molecule has 3 rings (SSSR count). The van der Waals surface area contributed by atoms with Crippen molar-refractivity contribution in [1.82, 2.24) is 0 Å². The molecule has 0 saturated carbocycles. The summed E-state index contributed by atoms with van der Waals surface area (Å²) >= 11 is 0. The second-order valence-electron chi connectivity index (χ2n) is 6.49. The monoisotopic (exact) mass is 290 g/mol. The first-order valence-corrected chi connectivity index (χ1v) is 7.60. The summed E-state index contributed by atoms with van der Waals surface area (Å²) < 4.78 is 17.1. The van der Waals surface area contributed by atoms with Crippen LogP contribution in [-0.4, -0.2) is 31.2 Å². The molecule has 1 aromatic carbocycles. The van der Waals surface area contributed by atoms with E-state index in [9.17, 15) is 4.79 Å². The van der Waals surface area contributed by atoms with Gasteiger partial charge in [0, 0.05) is 19.3 Å². The van der Waals surface area contributed by atoms with Crippen molar-refractivity contribution in [1.29, 1.82) is 0 Å². The number of hydrogen-bond acceptors (Lipinski definition) is 4. The molecule has 0 bridgehead atoms. The molecule has 0 aromatic heterocycles. The van der Waals surface area contributed by atoms with Crippen LogP contribution in [0.3, 0.4) is 0 Å². The predicted octanol–water partition coefficient (Wildman–Crippen LogP) is 3.24. The maximum atomic E-state index is 12.1. The van der Waals surface area contributed by atoms with E-state index in [0.29, 0.717) is 30.3 Å². The maximum absolute atomic E-state index is 12.1. The molecule has 1 saturated heterocycles. The molecule has 4 nitrogen and oxygen atoms in total. The van der Waals surface area contributed by atoms with Crippen molar-refractivity contribution < 1.29 is 19.0 Å². The van der Waals surface area contributed by atoms with Crippen molar-refractivity contribution in [2.24, 2.45) is 5.92 Å². The number of carbonyl (C=O) groups is 1. The van der Waals surface area contributed by atoms with Gasteiger partial charge < -0.3 is 14.2 Å². The molecule has 114 valence electrons. The van der Waals surface area contributed by atoms with Crippen LogP contribution in [0, 0.1) is 5.92 Å². The molecule has 2 aliphatic heterocycles. The second-order valence-corrected chi connectivity index (χ2v) is 6.49. The lowest BCUT2D eigenvalue weighted by Crippen LogP contribution is -2.35. The van der Waals surface area contributed by atoms with Gasteiger partial charge in [-0.2, -0.15) is 0 Å². The van der Waals surface area contributed by atoms with Gasteiger partial charge in [-0.15, -0.1) is 0 Å². The SMILES string of the molecule is CC1(C)CC(=O)c2ccc(OCC3CCOCC3)cc2O1. The van der Waals surface area contributed by atoms with Crippen LogP contribution >= 0.6 is 0 Å². The minimum atomic E-state index is -0.441. The number of Topliss-reactive ketones (excluding diaryl/α,β-unsaturated/α-hetero) is 1. The average molecular weight is 290 g/mol. The molecule has 0 N–H and O–H groups in total. The number of rotatable bonds is 3. The quantitative estimate of drug-likeness (QED) is 0.857. The van der Waals surface area contributed by atoms with E-state index in [1.54, 1.807) is 0 Å². The number of fused-ring (bicyclic) bond motifs is 1. The second kappa shape index (κ2) is 5.68. The van der Waals surface area contributed by atoms with E-state index in [1.807, 2.05) is 32.0 Å². The third-order valence-corrected chi connectivity index (χ3v) is 4.05. The number of benzene rings is 1. The molecule has 4 heteroatoms. The van der Waals surface area contributed by atoms with Crippen LogP contribution in [0.15, 0.2) is 18.2 Å². The first-order valence-electron chi connectivity index (χ1n) is 7.60. The van der Waals surface area contributed by atoms with E-state index in [2.05, 4.69) is 0 Å². The molecule has 21 heavy (non-hydrogen) atoms. The van der Waals surface area contributed by atoms with E-state index < -0.39 is 5.60 Å². The third-order valence-electron chi connectivity index (χ3n) is 4.05. The van der Waals surface area contributed by atoms with Crippen molar-refractivity contribution in [2.75, 3.05) is 19.8 Å². The topological polar surface area (TPSA) is 44.8 Å². The zero-order chi connectivity index (χ0) is 14.9. The van der Waals surface area contributed by atoms with Crippen molar-refractivity contribution in [3.8, 4) is 11.5 Å². The van der Waals surface area contributed by atoms with Crippen LogP contribution in [-0.2, 0) is 4.74 Å². The minimum Gasteiger partial charge on any atom is -0.493 e. The Kier molecular flexibility index (Phi) is 3.89. The van der Waals surface area contributed by atoms with E-state index in [-0.39, 0.29) is 5.78 Å². The fraction of sp³-hybridized carbons (Fsp3) is 0.588. The van der Waals surface area contributed by atoms with E-state index in [4.69, 9.17) is 14.2 Å². The van der Waals surface area contributed by atoms with Crippen LogP contribution < -0.4 is 9.47 Å². The highest BCUT2D eigenvalue weighted by atomic mass is 16.5. The van der Waals surface area contributed by atoms with Crippen LogP contribution in [0.2, 0.25) is 0 Å². The molecule has 0 aliphatic carbocycles. The largest absolute Gasteiger partial charge is 0.493 e. The normalized spacial score (nSPS) is 21.5. The van der Waals surface area contributed by atoms with Gasteiger partial charge in [0.05, 0.1) is 18.6 Å². The number of hydrogen-bond donors (Lipinski definition) is 0. The Balaban J connectivity index is 1.69. The fourth-order valence-electron chi connectivity index (χ4n) is 2.85. The minimum absolute atomic E-state index is 0.136. The standard InChI is InChI=1S/C17H22O4/c1-17(2)10-15(18)14-4-3-13(9-16(14)21-17)20-11-12-5-7-19-8-6-12/h3-4,9,12H,5-8,10-11H2,1-2H3. The average Bonchev–Trinajstić information content (AvgIpc) is 2.44. The summed E-state index contributed by atoms with van der Waals surface area (Å²) in [5.74, 6) is 2.09. The van der Waals surface area contributed by atoms with Crippen LogP contribution in [0.1, 0.15) is 43.5 Å². The van der Waals surface area contributed by atoms with Gasteiger partial charge in [-0.1, -0.05) is 0 Å². The lowest BCUT2D eigenvalue weighted by molar-refractivity contribution is 0.0492. The Labute approximate surface area is 125 Å². The van der Waals surface area contributed by atoms with E-state index in [0.717, 1.165) is 31.8 Å². The Morgan fingerprint density at radius 2 is 2.05 bits per heavy atom. The molecule has 0 atom stereocenters. The number of ether oxygens (including phenoxy) is 3. The van der Waals surface area contributed by atoms with Gasteiger partial charge in [0.2, 0.25) is 0 Å². The van der Waals surface area contributed by atoms with Gasteiger partial charge in [-0.05, 0) is 44.7 Å². The van der Waals surface area contributed by atoms with Crippen molar-refractivity contribution >= 4 is 5.78 Å². The summed E-state index contributed by atoms with van der Waals surface area (Å²) in [5, 5.41) is 0. The van der Waals surface area contributed by atoms with Gasteiger partial charge in [0.25, 0.3) is 0 Å². The lowest BCUT2D eigenvalue weighted by atomic mass is 9.93. The summed E-state index contributed by atoms with van der Waals surface area (Å²) in [7, 11) is 0. The van der Waals surface area contributed by atoms with Gasteiger partial charge >= 0.3 is 0 Å². The van der Waals surface area contributed by atoms with Crippen molar-refractivity contribution in [2.45, 2.75) is 38.7 Å². The molecule has 2 aliphatic rings. The predicted molar refractivity (Wildman–Crippen MR) is 79.1 cm³/mol. The van der Waals surface area contributed by atoms with Crippen LogP contribution in [0.25, 0.3) is 0 Å². The molecular formula is C17H22O4. The molecule has 2 heterocycles. The highest BCUT2D eigenvalue weighted by molar-refractivity contribution is 6.00. The molecule has 1 fully saturated rings. The lowest BCUT2D eigenvalue weighted by Gasteiger charge is -2.31. The molecule has 0 amide bonds. The van der Waals surface area contributed by atoms with Gasteiger partial charge in [-0.3, -0.25) is 4.79 Å². The molecular weight excluding hydrogens is 268 g/mol. The number of ketones is 1. The first kappa shape index (κ1) is 14.4. The Morgan fingerprint density at radius 1 is 1.29 bits per heavy atom. The van der Waals surface area contributed by atoms with E-state index >= 15 is 0 Å². The Morgan fingerprint density at radius 3 is 2.81 bits per heavy atom. The van der Waals surface area contributed by atoms with Crippen LogP contribution in [0.5, 0.6) is 11.5 Å². The number of carbonyl (C=O) groups excluding carboxylic acids is 1. The summed E-state index contributed by atoms with van der Waals surface area (Å²) in [5.41, 5.74) is 0.219. The summed E-state index contributed by atoms with van der Waals surface area (Å²) in [6.45, 7) is 6.21. The van der Waals surface area contributed by atoms with Gasteiger partial charge in [-0.25, -0.2) is 0 Å². The molecule has 0 radical (unpaired) electrons. The van der Waals surface area contributed by atoms with Gasteiger partial charge in [0.1, 0.15) is 17.1 Å². The molecule has 1 aromatic rings. The third kappa shape index (κ3) is 3.38. The van der Waals surface area contributed by atoms with Gasteiger partial charge in [0.15, 0.2) is 5.78 Å². The smallest absolute Gasteiger partial charge is 0.170 e. The zero-order valence-corrected chi connectivity index (χ0v) is 12.7. The molecule has 0 unspecified atom stereocenters. The fourth-order valence-corrected chi connectivity index (χ4v) is 2.85. The summed E-state index contributed by atoms with van der Waals surface area (Å²) in [6.07, 6.45) is 2.52. The Hall–Kier alpha value is -1.55. The summed E-state index contributed by atoms with van der Waals surface area (Å²) in [4.78, 5) is 12.1. The summed E-state index contributed by atoms with van der Waals surface area (Å²) in [6, 6.07) is 5.51. The zero-order valence-electron chi connectivity index (χ0n) is 12.7. The van der Waals surface area contributed by atoms with E-state index in [1.165, 1.54) is 0 Å². The molecule has 0 spiro atoms. The highest BCUT2D eigenvalue weighted by Gasteiger charge is 2.32. The maximum Gasteiger partial charge on any atom is 0.170 e.